The average molecular weight is 471 g/mol. The quantitative estimate of drug-likeness (QED) is 0.267. The van der Waals surface area contributed by atoms with Gasteiger partial charge in [-0.3, -0.25) is 19.7 Å². The molecule has 166 valence electrons. The highest BCUT2D eigenvalue weighted by molar-refractivity contribution is 7.89. The normalized spacial score (nSPS) is 10.9. The summed E-state index contributed by atoms with van der Waals surface area (Å²) in [7, 11) is -2.77. The van der Waals surface area contributed by atoms with Gasteiger partial charge in [0.15, 0.2) is 6.61 Å². The highest BCUT2D eigenvalue weighted by Crippen LogP contribution is 2.26. The van der Waals surface area contributed by atoms with Gasteiger partial charge in [0.25, 0.3) is 11.6 Å². The van der Waals surface area contributed by atoms with Gasteiger partial charge in [-0.25, -0.2) is 8.42 Å². The average Bonchev–Trinajstić information content (AvgIpc) is 2.75. The minimum Gasteiger partial charge on any atom is -0.455 e. The summed E-state index contributed by atoms with van der Waals surface area (Å²) >= 11 is 5.97. The number of carbonyl (C=O) groups is 2. The van der Waals surface area contributed by atoms with Crippen molar-refractivity contribution < 1.29 is 27.7 Å². The molecular formula is C18H19ClN4O7S. The second kappa shape index (κ2) is 10.7. The molecule has 0 unspecified atom stereocenters. The number of benzene rings is 2. The fourth-order valence-corrected chi connectivity index (χ4v) is 3.55. The zero-order valence-corrected chi connectivity index (χ0v) is 17.8. The molecule has 0 fully saturated rings. The monoisotopic (exact) mass is 470 g/mol. The molecule has 2 aromatic carbocycles. The van der Waals surface area contributed by atoms with Crippen LogP contribution in [0.4, 0.5) is 11.4 Å². The first kappa shape index (κ1) is 24.1. The lowest BCUT2D eigenvalue weighted by atomic mass is 10.2. The molecule has 0 aliphatic rings. The minimum absolute atomic E-state index is 0.129. The maximum Gasteiger partial charge on any atom is 0.321 e. The van der Waals surface area contributed by atoms with Crippen LogP contribution in [-0.2, 0) is 30.9 Å². The molecule has 11 nitrogen and oxygen atoms in total. The van der Waals surface area contributed by atoms with E-state index in [0.29, 0.717) is 10.6 Å². The van der Waals surface area contributed by atoms with Crippen LogP contribution in [-0.4, -0.2) is 45.4 Å². The number of halogens is 1. The summed E-state index contributed by atoms with van der Waals surface area (Å²) in [6.45, 7) is -1.25. The zero-order chi connectivity index (χ0) is 23.0. The van der Waals surface area contributed by atoms with Crippen LogP contribution in [0.5, 0.6) is 0 Å². The summed E-state index contributed by atoms with van der Waals surface area (Å²) in [5.41, 5.74) is 0.365. The minimum atomic E-state index is -4.22. The molecule has 3 N–H and O–H groups in total. The third kappa shape index (κ3) is 6.91. The number of esters is 1. The van der Waals surface area contributed by atoms with Crippen LogP contribution < -0.4 is 15.4 Å². The Balaban J connectivity index is 1.86. The molecule has 0 aliphatic heterocycles. The van der Waals surface area contributed by atoms with Crippen molar-refractivity contribution in [3.63, 3.8) is 0 Å². The molecule has 0 saturated heterocycles. The molecule has 0 aromatic heterocycles. The number of nitrogens with one attached hydrogen (secondary N) is 3. The van der Waals surface area contributed by atoms with Crippen LogP contribution in [0.15, 0.2) is 47.4 Å². The van der Waals surface area contributed by atoms with Gasteiger partial charge < -0.3 is 15.4 Å². The predicted octanol–water partition coefficient (Wildman–Crippen LogP) is 1.43. The van der Waals surface area contributed by atoms with Crippen molar-refractivity contribution in [2.24, 2.45) is 0 Å². The van der Waals surface area contributed by atoms with E-state index in [1.165, 1.54) is 13.1 Å². The van der Waals surface area contributed by atoms with E-state index >= 15 is 0 Å². The van der Waals surface area contributed by atoms with E-state index in [9.17, 15) is 28.1 Å². The fraction of sp³-hybridized carbons (Fsp3) is 0.222. The van der Waals surface area contributed by atoms with Gasteiger partial charge in [0.1, 0.15) is 12.2 Å². The number of hydrogen-bond donors (Lipinski definition) is 3. The van der Waals surface area contributed by atoms with Crippen LogP contribution in [0, 0.1) is 10.1 Å². The van der Waals surface area contributed by atoms with Gasteiger partial charge in [-0.1, -0.05) is 29.8 Å². The zero-order valence-electron chi connectivity index (χ0n) is 16.3. The summed E-state index contributed by atoms with van der Waals surface area (Å²) in [5.74, 6) is -1.60. The maximum atomic E-state index is 12.3. The van der Waals surface area contributed by atoms with E-state index in [2.05, 4.69) is 10.6 Å². The van der Waals surface area contributed by atoms with E-state index in [0.717, 1.165) is 12.1 Å². The van der Waals surface area contributed by atoms with E-state index in [-0.39, 0.29) is 12.2 Å². The number of nitro groups is 1. The summed E-state index contributed by atoms with van der Waals surface area (Å²) in [6, 6.07) is 10.1. The summed E-state index contributed by atoms with van der Waals surface area (Å²) < 4.78 is 31.3. The molecule has 0 heterocycles. The predicted molar refractivity (Wildman–Crippen MR) is 112 cm³/mol. The van der Waals surface area contributed by atoms with Crippen molar-refractivity contribution in [1.82, 2.24) is 10.0 Å². The molecule has 13 heteroatoms. The molecule has 0 aliphatic carbocycles. The van der Waals surface area contributed by atoms with Gasteiger partial charge in [-0.15, -0.1) is 0 Å². The second-order valence-electron chi connectivity index (χ2n) is 6.04. The number of sulfonamides is 1. The fourth-order valence-electron chi connectivity index (χ4n) is 2.36. The lowest BCUT2D eigenvalue weighted by Crippen LogP contribution is -2.33. The van der Waals surface area contributed by atoms with E-state index in [1.807, 2.05) is 4.72 Å². The van der Waals surface area contributed by atoms with Crippen molar-refractivity contribution >= 4 is 44.9 Å². The number of nitrogens with zero attached hydrogens (tertiary/aromatic N) is 1. The third-order valence-corrected chi connectivity index (χ3v) is 5.72. The number of carbonyl (C=O) groups excluding carboxylic acids is 2. The standard InChI is InChI=1S/C18H19ClN4O7S/c1-20-15-7-6-13(8-16(15)23(26)27)31(28,29)22-10-18(25)30-11-17(24)21-9-12-4-2-3-5-14(12)19/h2-8,20,22H,9-11H2,1H3,(H,21,24). The summed E-state index contributed by atoms with van der Waals surface area (Å²) in [5, 5.41) is 16.6. The first-order valence-corrected chi connectivity index (χ1v) is 10.6. The number of nitro benzene ring substituents is 1. The van der Waals surface area contributed by atoms with Crippen molar-refractivity contribution in [3.8, 4) is 0 Å². The highest BCUT2D eigenvalue weighted by Gasteiger charge is 2.22. The molecule has 0 radical (unpaired) electrons. The first-order valence-electron chi connectivity index (χ1n) is 8.75. The first-order chi connectivity index (χ1) is 14.6. The molecule has 31 heavy (non-hydrogen) atoms. The number of ether oxygens (including phenoxy) is 1. The van der Waals surface area contributed by atoms with Gasteiger partial charge in [-0.2, -0.15) is 4.72 Å². The lowest BCUT2D eigenvalue weighted by molar-refractivity contribution is -0.384. The van der Waals surface area contributed by atoms with E-state index in [1.54, 1.807) is 24.3 Å². The van der Waals surface area contributed by atoms with Crippen molar-refractivity contribution in [3.05, 3.63) is 63.2 Å². The topological polar surface area (TPSA) is 157 Å². The number of amides is 1. The SMILES string of the molecule is CNc1ccc(S(=O)(=O)NCC(=O)OCC(=O)NCc2ccccc2Cl)cc1[N+](=O)[O-]. The molecule has 2 rings (SSSR count). The Kier molecular flexibility index (Phi) is 8.30. The summed E-state index contributed by atoms with van der Waals surface area (Å²) in [4.78, 5) is 33.5. The third-order valence-electron chi connectivity index (χ3n) is 3.95. The lowest BCUT2D eigenvalue weighted by Gasteiger charge is -2.09. The Morgan fingerprint density at radius 1 is 1.19 bits per heavy atom. The van der Waals surface area contributed by atoms with Crippen LogP contribution in [0.3, 0.4) is 0 Å². The number of anilines is 1. The van der Waals surface area contributed by atoms with E-state index < -0.39 is 50.6 Å². The molecule has 0 spiro atoms. The van der Waals surface area contributed by atoms with Gasteiger partial charge >= 0.3 is 5.97 Å². The van der Waals surface area contributed by atoms with Gasteiger partial charge in [0.05, 0.1) is 9.82 Å². The maximum absolute atomic E-state index is 12.3. The van der Waals surface area contributed by atoms with Crippen molar-refractivity contribution in [2.75, 3.05) is 25.5 Å². The van der Waals surface area contributed by atoms with Crippen LogP contribution >= 0.6 is 11.6 Å². The van der Waals surface area contributed by atoms with Gasteiger partial charge in [0, 0.05) is 24.7 Å². The van der Waals surface area contributed by atoms with Crippen LogP contribution in [0.2, 0.25) is 5.02 Å². The van der Waals surface area contributed by atoms with E-state index in [4.69, 9.17) is 16.3 Å². The molecule has 2 aromatic rings. The molecule has 0 saturated carbocycles. The van der Waals surface area contributed by atoms with Crippen LogP contribution in [0.1, 0.15) is 5.56 Å². The second-order valence-corrected chi connectivity index (χ2v) is 8.21. The Morgan fingerprint density at radius 3 is 2.55 bits per heavy atom. The Labute approximate surface area is 182 Å². The molecule has 1 amide bonds. The van der Waals surface area contributed by atoms with Crippen molar-refractivity contribution in [2.45, 2.75) is 11.4 Å². The highest BCUT2D eigenvalue weighted by atomic mass is 35.5. The summed E-state index contributed by atoms with van der Waals surface area (Å²) in [6.07, 6.45) is 0. The smallest absolute Gasteiger partial charge is 0.321 e. The molecule has 0 atom stereocenters. The number of rotatable bonds is 10. The largest absolute Gasteiger partial charge is 0.455 e. The molecular weight excluding hydrogens is 452 g/mol. The Bertz CT molecular complexity index is 1090. The Morgan fingerprint density at radius 2 is 1.90 bits per heavy atom. The van der Waals surface area contributed by atoms with Gasteiger partial charge in [-0.05, 0) is 23.8 Å². The molecule has 0 bridgehead atoms. The van der Waals surface area contributed by atoms with Crippen LogP contribution in [0.25, 0.3) is 0 Å². The Hall–Kier alpha value is -3.22. The van der Waals surface area contributed by atoms with Crippen molar-refractivity contribution in [1.29, 1.82) is 0 Å². The van der Waals surface area contributed by atoms with Gasteiger partial charge in [0.2, 0.25) is 10.0 Å². The number of hydrogen-bond acceptors (Lipinski definition) is 8.